The molecule has 0 spiro atoms. The van der Waals surface area contributed by atoms with Crippen LogP contribution in [0.4, 0.5) is 11.4 Å². The van der Waals surface area contributed by atoms with Gasteiger partial charge in [0.1, 0.15) is 6.04 Å². The van der Waals surface area contributed by atoms with Crippen molar-refractivity contribution in [2.75, 3.05) is 12.0 Å². The highest BCUT2D eigenvalue weighted by Crippen LogP contribution is 2.56. The zero-order valence-corrected chi connectivity index (χ0v) is 20.3. The van der Waals surface area contributed by atoms with Gasteiger partial charge in [0, 0.05) is 34.3 Å². The van der Waals surface area contributed by atoms with Crippen LogP contribution in [0.5, 0.6) is 0 Å². The third-order valence-corrected chi connectivity index (χ3v) is 7.37. The van der Waals surface area contributed by atoms with Gasteiger partial charge in [0.25, 0.3) is 5.69 Å². The first kappa shape index (κ1) is 24.2. The van der Waals surface area contributed by atoms with Crippen molar-refractivity contribution < 1.29 is 19.2 Å². The number of ether oxygens (including phenoxy) is 1. The molecule has 0 unspecified atom stereocenters. The Kier molecular flexibility index (Phi) is 6.02. The molecule has 2 aliphatic heterocycles. The molecule has 37 heavy (non-hydrogen) atoms. The molecule has 8 nitrogen and oxygen atoms in total. The summed E-state index contributed by atoms with van der Waals surface area (Å²) in [5.74, 6) is -2.12. The van der Waals surface area contributed by atoms with Crippen LogP contribution in [0.15, 0.2) is 78.9 Å². The zero-order valence-electron chi connectivity index (χ0n) is 19.6. The molecular weight excluding hydrogens is 494 g/mol. The highest BCUT2D eigenvalue weighted by Gasteiger charge is 2.67. The van der Waals surface area contributed by atoms with Crippen LogP contribution in [0.25, 0.3) is 6.08 Å². The first-order valence-electron chi connectivity index (χ1n) is 11.4. The Balaban J connectivity index is 1.80. The third-order valence-electron chi connectivity index (χ3n) is 7.11. The van der Waals surface area contributed by atoms with E-state index in [0.717, 1.165) is 5.56 Å². The molecule has 1 fully saturated rings. The van der Waals surface area contributed by atoms with Gasteiger partial charge in [-0.15, -0.1) is 0 Å². The van der Waals surface area contributed by atoms with E-state index in [0.29, 0.717) is 21.8 Å². The molecule has 3 aromatic rings. The number of hydrogen-bond donors (Lipinski definition) is 0. The van der Waals surface area contributed by atoms with Gasteiger partial charge in [0.05, 0.1) is 24.1 Å². The van der Waals surface area contributed by atoms with Crippen molar-refractivity contribution >= 4 is 40.8 Å². The van der Waals surface area contributed by atoms with Crippen molar-refractivity contribution in [3.05, 3.63) is 111 Å². The molecule has 0 bridgehead atoms. The summed E-state index contributed by atoms with van der Waals surface area (Å²) >= 11 is 6.06. The second-order valence-corrected chi connectivity index (χ2v) is 9.32. The van der Waals surface area contributed by atoms with E-state index >= 15 is 0 Å². The second-order valence-electron chi connectivity index (χ2n) is 8.88. The van der Waals surface area contributed by atoms with Crippen molar-refractivity contribution in [2.45, 2.75) is 18.0 Å². The number of para-hydroxylation sites is 1. The summed E-state index contributed by atoms with van der Waals surface area (Å²) in [6.07, 6.45) is 3.57. The molecule has 2 heterocycles. The Morgan fingerprint density at radius 1 is 1.08 bits per heavy atom. The van der Waals surface area contributed by atoms with Gasteiger partial charge in [-0.3, -0.25) is 19.7 Å². The fourth-order valence-electron chi connectivity index (χ4n) is 5.50. The maximum absolute atomic E-state index is 14.2. The molecule has 3 aromatic carbocycles. The third kappa shape index (κ3) is 3.67. The van der Waals surface area contributed by atoms with Crippen LogP contribution in [0.2, 0.25) is 5.02 Å². The van der Waals surface area contributed by atoms with Gasteiger partial charge in [-0.25, -0.2) is 0 Å². The number of nitrogens with zero attached hydrogens (tertiary/aromatic N) is 3. The van der Waals surface area contributed by atoms with Crippen LogP contribution in [0.1, 0.15) is 27.4 Å². The van der Waals surface area contributed by atoms with E-state index in [1.54, 1.807) is 35.2 Å². The van der Waals surface area contributed by atoms with Gasteiger partial charge in [0.15, 0.2) is 11.2 Å². The van der Waals surface area contributed by atoms with Crippen LogP contribution in [-0.2, 0) is 9.53 Å². The SMILES string of the molecule is COC(=O)[C@]1(C#N)[C@@H]2C=Cc3ccccc3N2[C@H](C(=O)c2ccc(Cl)cc2)[C@@H]1c1ccc([N+](=O)[O-])cc1. The normalized spacial score (nSPS) is 23.5. The summed E-state index contributed by atoms with van der Waals surface area (Å²) in [5.41, 5.74) is 0.340. The van der Waals surface area contributed by atoms with E-state index in [4.69, 9.17) is 16.3 Å². The molecule has 0 aliphatic carbocycles. The predicted octanol–water partition coefficient (Wildman–Crippen LogP) is 5.18. The highest BCUT2D eigenvalue weighted by atomic mass is 35.5. The molecule has 1 saturated heterocycles. The van der Waals surface area contributed by atoms with E-state index in [9.17, 15) is 25.0 Å². The second kappa shape index (κ2) is 9.19. The van der Waals surface area contributed by atoms with E-state index in [1.165, 1.54) is 31.4 Å². The minimum Gasteiger partial charge on any atom is -0.468 e. The van der Waals surface area contributed by atoms with Crippen LogP contribution < -0.4 is 4.90 Å². The molecule has 0 N–H and O–H groups in total. The summed E-state index contributed by atoms with van der Waals surface area (Å²) in [5, 5.41) is 22.4. The monoisotopic (exact) mass is 513 g/mol. The van der Waals surface area contributed by atoms with E-state index in [-0.39, 0.29) is 11.5 Å². The Hall–Kier alpha value is -4.48. The number of carbonyl (C=O) groups is 2. The van der Waals surface area contributed by atoms with E-state index in [2.05, 4.69) is 6.07 Å². The van der Waals surface area contributed by atoms with Crippen LogP contribution in [0, 0.1) is 26.9 Å². The zero-order chi connectivity index (χ0) is 26.3. The lowest BCUT2D eigenvalue weighted by Crippen LogP contribution is -2.46. The molecule has 0 aromatic heterocycles. The van der Waals surface area contributed by atoms with Gasteiger partial charge in [0.2, 0.25) is 0 Å². The Morgan fingerprint density at radius 3 is 2.38 bits per heavy atom. The molecular formula is C28H20ClN3O5. The fourth-order valence-corrected chi connectivity index (χ4v) is 5.62. The molecule has 0 radical (unpaired) electrons. The lowest BCUT2D eigenvalue weighted by Gasteiger charge is -2.36. The number of rotatable bonds is 5. The van der Waals surface area contributed by atoms with Gasteiger partial charge in [-0.05, 0) is 41.5 Å². The fraction of sp³-hybridized carbons (Fsp3) is 0.179. The number of esters is 1. The summed E-state index contributed by atoms with van der Waals surface area (Å²) in [4.78, 5) is 40.3. The van der Waals surface area contributed by atoms with Gasteiger partial charge < -0.3 is 9.64 Å². The minimum absolute atomic E-state index is 0.147. The number of nitro benzene ring substituents is 1. The predicted molar refractivity (Wildman–Crippen MR) is 137 cm³/mol. The molecule has 9 heteroatoms. The van der Waals surface area contributed by atoms with Crippen LogP contribution >= 0.6 is 11.6 Å². The number of nitriles is 1. The number of anilines is 1. The maximum atomic E-state index is 14.2. The average Bonchev–Trinajstić information content (AvgIpc) is 3.24. The van der Waals surface area contributed by atoms with Gasteiger partial charge in [-0.1, -0.05) is 54.1 Å². The van der Waals surface area contributed by atoms with Crippen LogP contribution in [-0.4, -0.2) is 35.9 Å². The molecule has 0 saturated carbocycles. The summed E-state index contributed by atoms with van der Waals surface area (Å²) in [7, 11) is 1.20. The minimum atomic E-state index is -1.82. The first-order chi connectivity index (χ1) is 17.8. The maximum Gasteiger partial charge on any atom is 0.329 e. The van der Waals surface area contributed by atoms with Crippen LogP contribution in [0.3, 0.4) is 0 Å². The lowest BCUT2D eigenvalue weighted by atomic mass is 9.68. The topological polar surface area (TPSA) is 114 Å². The molecule has 184 valence electrons. The number of non-ortho nitro benzene ring substituents is 1. The van der Waals surface area contributed by atoms with Crippen molar-refractivity contribution in [2.24, 2.45) is 5.41 Å². The molecule has 4 atom stereocenters. The molecule has 2 aliphatic rings. The average molecular weight is 514 g/mol. The van der Waals surface area contributed by atoms with Gasteiger partial charge in [-0.2, -0.15) is 5.26 Å². The van der Waals surface area contributed by atoms with Crippen molar-refractivity contribution in [1.82, 2.24) is 0 Å². The number of ketones is 1. The van der Waals surface area contributed by atoms with E-state index in [1.807, 2.05) is 30.3 Å². The summed E-state index contributed by atoms with van der Waals surface area (Å²) < 4.78 is 5.17. The lowest BCUT2D eigenvalue weighted by molar-refractivity contribution is -0.384. The van der Waals surface area contributed by atoms with Crippen molar-refractivity contribution in [3.8, 4) is 6.07 Å². The molecule has 0 amide bonds. The highest BCUT2D eigenvalue weighted by molar-refractivity contribution is 6.30. The van der Waals surface area contributed by atoms with Crippen molar-refractivity contribution in [1.29, 1.82) is 5.26 Å². The Morgan fingerprint density at radius 2 is 1.76 bits per heavy atom. The van der Waals surface area contributed by atoms with E-state index < -0.39 is 34.3 Å². The van der Waals surface area contributed by atoms with Crippen molar-refractivity contribution in [3.63, 3.8) is 0 Å². The number of Topliss-reactive ketones (excluding diaryl/α,β-unsaturated/α-hetero) is 1. The summed E-state index contributed by atoms with van der Waals surface area (Å²) in [6, 6.07) is 19.8. The number of benzene rings is 3. The number of halogens is 1. The van der Waals surface area contributed by atoms with Gasteiger partial charge >= 0.3 is 5.97 Å². The number of fused-ring (bicyclic) bond motifs is 3. The quantitative estimate of drug-likeness (QED) is 0.200. The smallest absolute Gasteiger partial charge is 0.329 e. The number of hydrogen-bond acceptors (Lipinski definition) is 7. The first-order valence-corrected chi connectivity index (χ1v) is 11.8. The number of carbonyl (C=O) groups excluding carboxylic acids is 2. The largest absolute Gasteiger partial charge is 0.468 e. The molecule has 5 rings (SSSR count). The Labute approximate surface area is 217 Å². The number of methoxy groups -OCH3 is 1. The summed E-state index contributed by atoms with van der Waals surface area (Å²) in [6.45, 7) is 0. The Bertz CT molecular complexity index is 1480. The number of nitro groups is 1. The standard InChI is InChI=1S/C28H20ClN3O5/c1-37-27(34)28(16-30)23-15-10-17-4-2-3-5-22(17)31(23)25(26(33)19-6-11-20(29)12-7-19)24(28)18-8-13-21(14-9-18)32(35)36/h2-15,23-25H,1H3/t23-,24-,25-,28+/m0/s1.